The van der Waals surface area contributed by atoms with Gasteiger partial charge in [-0.3, -0.25) is 15.0 Å². The van der Waals surface area contributed by atoms with Crippen LogP contribution < -0.4 is 0 Å². The third kappa shape index (κ3) is 3.05. The number of esters is 2. The molecule has 1 saturated heterocycles. The summed E-state index contributed by atoms with van der Waals surface area (Å²) in [5.41, 5.74) is -1.46. The van der Waals surface area contributed by atoms with Crippen LogP contribution in [0.4, 0.5) is 10.1 Å². The van der Waals surface area contributed by atoms with Crippen molar-refractivity contribution in [3.8, 4) is 0 Å². The van der Waals surface area contributed by atoms with Crippen molar-refractivity contribution in [3.05, 3.63) is 39.7 Å². The fourth-order valence-electron chi connectivity index (χ4n) is 2.24. The van der Waals surface area contributed by atoms with Gasteiger partial charge in [-0.05, 0) is 32.5 Å². The average Bonchev–Trinajstić information content (AvgIpc) is 2.84. The molecule has 0 bridgehead atoms. The van der Waals surface area contributed by atoms with Gasteiger partial charge in [0.1, 0.15) is 11.6 Å². The molecule has 21 heavy (non-hydrogen) atoms. The third-order valence-electron chi connectivity index (χ3n) is 3.38. The van der Waals surface area contributed by atoms with Crippen LogP contribution in [0.3, 0.4) is 0 Å². The van der Waals surface area contributed by atoms with Gasteiger partial charge in [-0.15, -0.1) is 0 Å². The molecule has 8 heteroatoms. The van der Waals surface area contributed by atoms with E-state index >= 15 is 0 Å². The minimum atomic E-state index is -1.31. The minimum Gasteiger partial charge on any atom is -0.388 e. The number of nitro groups is 1. The van der Waals surface area contributed by atoms with Crippen LogP contribution in [-0.2, 0) is 9.53 Å². The van der Waals surface area contributed by atoms with E-state index in [1.54, 1.807) is 11.9 Å². The smallest absolute Gasteiger partial charge is 0.349 e. The number of rotatable bonds is 3. The van der Waals surface area contributed by atoms with Crippen LogP contribution in [0, 0.1) is 15.9 Å². The van der Waals surface area contributed by atoms with E-state index in [0.29, 0.717) is 13.0 Å². The van der Waals surface area contributed by atoms with E-state index in [1.807, 2.05) is 0 Å². The van der Waals surface area contributed by atoms with Crippen LogP contribution >= 0.6 is 0 Å². The van der Waals surface area contributed by atoms with Crippen molar-refractivity contribution in [2.45, 2.75) is 18.9 Å². The van der Waals surface area contributed by atoms with Crippen LogP contribution in [0.2, 0.25) is 0 Å². The highest BCUT2D eigenvalue weighted by Crippen LogP contribution is 2.22. The number of nitrogens with zero attached hydrogens (tertiary/aromatic N) is 2. The van der Waals surface area contributed by atoms with Gasteiger partial charge < -0.3 is 4.74 Å². The summed E-state index contributed by atoms with van der Waals surface area (Å²) >= 11 is 0. The van der Waals surface area contributed by atoms with Gasteiger partial charge in [0.15, 0.2) is 0 Å². The van der Waals surface area contributed by atoms with E-state index in [1.165, 1.54) is 0 Å². The Hall–Kier alpha value is -2.35. The molecule has 1 heterocycles. The lowest BCUT2D eigenvalue weighted by atomic mass is 10.2. The van der Waals surface area contributed by atoms with E-state index < -0.39 is 40.0 Å². The van der Waals surface area contributed by atoms with Crippen LogP contribution in [0.15, 0.2) is 18.2 Å². The van der Waals surface area contributed by atoms with E-state index in [0.717, 1.165) is 24.6 Å². The molecule has 1 aromatic carbocycles. The summed E-state index contributed by atoms with van der Waals surface area (Å²) < 4.78 is 18.4. The topological polar surface area (TPSA) is 89.8 Å². The highest BCUT2D eigenvalue weighted by molar-refractivity contribution is 5.98. The van der Waals surface area contributed by atoms with Crippen molar-refractivity contribution in [2.24, 2.45) is 0 Å². The lowest BCUT2D eigenvalue weighted by molar-refractivity contribution is -0.387. The first-order valence-corrected chi connectivity index (χ1v) is 6.31. The number of nitro benzene ring substituents is 1. The van der Waals surface area contributed by atoms with E-state index in [9.17, 15) is 24.1 Å². The van der Waals surface area contributed by atoms with Crippen molar-refractivity contribution < 1.29 is 23.6 Å². The monoisotopic (exact) mass is 296 g/mol. The number of hydrogen-bond acceptors (Lipinski definition) is 6. The minimum absolute atomic E-state index is 0.546. The molecule has 0 saturated carbocycles. The Morgan fingerprint density at radius 3 is 2.76 bits per heavy atom. The van der Waals surface area contributed by atoms with E-state index in [4.69, 9.17) is 0 Å². The Morgan fingerprint density at radius 2 is 2.19 bits per heavy atom. The van der Waals surface area contributed by atoms with Gasteiger partial charge in [0.05, 0.1) is 4.92 Å². The van der Waals surface area contributed by atoms with Crippen LogP contribution in [-0.4, -0.2) is 41.4 Å². The molecular formula is C13H13FN2O5. The van der Waals surface area contributed by atoms with Crippen molar-refractivity contribution in [1.82, 2.24) is 4.90 Å². The van der Waals surface area contributed by atoms with Crippen molar-refractivity contribution in [3.63, 3.8) is 0 Å². The van der Waals surface area contributed by atoms with Gasteiger partial charge in [0, 0.05) is 6.07 Å². The maximum atomic E-state index is 13.8. The molecule has 0 aromatic heterocycles. The van der Waals surface area contributed by atoms with Gasteiger partial charge in [-0.25, -0.2) is 9.59 Å². The lowest BCUT2D eigenvalue weighted by Gasteiger charge is -2.16. The number of carbonyl (C=O) groups is 2. The molecule has 2 rings (SSSR count). The SMILES string of the molecule is CN1CCC[C@H]1C(=O)OC(=O)c1cccc([N+](=O)[O-])c1F. The zero-order chi connectivity index (χ0) is 15.6. The van der Waals surface area contributed by atoms with E-state index in [2.05, 4.69) is 4.74 Å². The summed E-state index contributed by atoms with van der Waals surface area (Å²) in [6, 6.07) is 2.58. The summed E-state index contributed by atoms with van der Waals surface area (Å²) in [7, 11) is 1.72. The summed E-state index contributed by atoms with van der Waals surface area (Å²) in [6.07, 6.45) is 1.36. The molecular weight excluding hydrogens is 283 g/mol. The Kier molecular flexibility index (Phi) is 4.27. The zero-order valence-corrected chi connectivity index (χ0v) is 11.2. The summed E-state index contributed by atoms with van der Waals surface area (Å²) in [6.45, 7) is 0.707. The molecule has 1 fully saturated rings. The van der Waals surface area contributed by atoms with Crippen LogP contribution in [0.5, 0.6) is 0 Å². The second kappa shape index (κ2) is 5.96. The molecule has 1 aromatic rings. The Bertz CT molecular complexity index is 604. The molecule has 1 aliphatic rings. The molecule has 0 aliphatic carbocycles. The molecule has 112 valence electrons. The first-order valence-electron chi connectivity index (χ1n) is 6.31. The number of benzene rings is 1. The number of carbonyl (C=O) groups excluding carboxylic acids is 2. The van der Waals surface area contributed by atoms with Gasteiger partial charge in [0.25, 0.3) is 0 Å². The Morgan fingerprint density at radius 1 is 1.48 bits per heavy atom. The molecule has 0 N–H and O–H groups in total. The second-order valence-corrected chi connectivity index (χ2v) is 4.74. The van der Waals surface area contributed by atoms with Gasteiger partial charge in [-0.2, -0.15) is 4.39 Å². The number of likely N-dealkylation sites (N-methyl/N-ethyl adjacent to an activating group) is 1. The van der Waals surface area contributed by atoms with Crippen molar-refractivity contribution in [2.75, 3.05) is 13.6 Å². The Balaban J connectivity index is 2.15. The molecule has 0 spiro atoms. The molecule has 7 nitrogen and oxygen atoms in total. The van der Waals surface area contributed by atoms with Crippen molar-refractivity contribution in [1.29, 1.82) is 0 Å². The lowest BCUT2D eigenvalue weighted by Crippen LogP contribution is -2.35. The number of halogens is 1. The van der Waals surface area contributed by atoms with Gasteiger partial charge in [0.2, 0.25) is 5.82 Å². The second-order valence-electron chi connectivity index (χ2n) is 4.74. The average molecular weight is 296 g/mol. The number of ether oxygens (including phenoxy) is 1. The zero-order valence-electron chi connectivity index (χ0n) is 11.2. The predicted molar refractivity (Wildman–Crippen MR) is 69.1 cm³/mol. The number of hydrogen-bond donors (Lipinski definition) is 0. The third-order valence-corrected chi connectivity index (χ3v) is 3.38. The largest absolute Gasteiger partial charge is 0.388 e. The van der Waals surface area contributed by atoms with Crippen LogP contribution in [0.1, 0.15) is 23.2 Å². The standard InChI is InChI=1S/C13H13FN2O5/c1-15-7-3-6-10(15)13(18)21-12(17)8-4-2-5-9(11(8)14)16(19)20/h2,4-5,10H,3,6-7H2,1H3/t10-/m0/s1. The molecule has 1 aliphatic heterocycles. The quantitative estimate of drug-likeness (QED) is 0.363. The number of likely N-dealkylation sites (tertiary alicyclic amines) is 1. The molecule has 0 radical (unpaired) electrons. The molecule has 1 atom stereocenters. The fourth-order valence-corrected chi connectivity index (χ4v) is 2.24. The van der Waals surface area contributed by atoms with Gasteiger partial charge in [-0.1, -0.05) is 6.07 Å². The normalized spacial score (nSPS) is 18.5. The highest BCUT2D eigenvalue weighted by Gasteiger charge is 2.32. The molecule has 0 unspecified atom stereocenters. The highest BCUT2D eigenvalue weighted by atomic mass is 19.1. The predicted octanol–water partition coefficient (Wildman–Crippen LogP) is 1.51. The maximum absolute atomic E-state index is 13.8. The van der Waals surface area contributed by atoms with Crippen molar-refractivity contribution >= 4 is 17.6 Å². The van der Waals surface area contributed by atoms with E-state index in [-0.39, 0.29) is 0 Å². The first-order chi connectivity index (χ1) is 9.91. The molecule has 0 amide bonds. The summed E-state index contributed by atoms with van der Waals surface area (Å²) in [5.74, 6) is -3.30. The fraction of sp³-hybridized carbons (Fsp3) is 0.385. The summed E-state index contributed by atoms with van der Waals surface area (Å²) in [4.78, 5) is 35.0. The first kappa shape index (κ1) is 15.0. The van der Waals surface area contributed by atoms with Crippen LogP contribution in [0.25, 0.3) is 0 Å². The maximum Gasteiger partial charge on any atom is 0.349 e. The summed E-state index contributed by atoms with van der Waals surface area (Å²) in [5, 5.41) is 10.6. The van der Waals surface area contributed by atoms with Gasteiger partial charge >= 0.3 is 17.6 Å². The Labute approximate surface area is 119 Å².